The molecule has 1 aliphatic heterocycles. The maximum atomic E-state index is 10.6. The van der Waals surface area contributed by atoms with Gasteiger partial charge < -0.3 is 15.2 Å². The van der Waals surface area contributed by atoms with Gasteiger partial charge in [0.05, 0.1) is 12.6 Å². The molecule has 0 aromatic heterocycles. The zero-order valence-corrected chi connectivity index (χ0v) is 6.74. The molecule has 1 aliphatic rings. The largest absolute Gasteiger partial charge is 0.479 e. The van der Waals surface area contributed by atoms with E-state index in [1.165, 1.54) is 6.92 Å². The minimum atomic E-state index is -0.970. The molecule has 0 aromatic rings. The van der Waals surface area contributed by atoms with Crippen molar-refractivity contribution >= 4 is 11.9 Å². The lowest BCUT2D eigenvalue weighted by molar-refractivity contribution is -0.147. The van der Waals surface area contributed by atoms with Gasteiger partial charge in [-0.2, -0.15) is 0 Å². The van der Waals surface area contributed by atoms with Crippen LogP contribution in [0.25, 0.3) is 0 Å². The number of nitrogens with one attached hydrogen (secondary N) is 1. The monoisotopic (exact) mass is 173 g/mol. The van der Waals surface area contributed by atoms with Crippen molar-refractivity contribution in [2.75, 3.05) is 6.61 Å². The summed E-state index contributed by atoms with van der Waals surface area (Å²) < 4.78 is 4.91. The summed E-state index contributed by atoms with van der Waals surface area (Å²) in [4.78, 5) is 21.0. The minimum Gasteiger partial charge on any atom is -0.479 e. The van der Waals surface area contributed by atoms with E-state index in [0.29, 0.717) is 6.42 Å². The number of aliphatic carboxylic acids is 1. The van der Waals surface area contributed by atoms with Crippen LogP contribution >= 0.6 is 0 Å². The van der Waals surface area contributed by atoms with Gasteiger partial charge in [-0.05, 0) is 0 Å². The van der Waals surface area contributed by atoms with Crippen LogP contribution in [0.4, 0.5) is 0 Å². The van der Waals surface area contributed by atoms with Gasteiger partial charge in [0.25, 0.3) is 0 Å². The highest BCUT2D eigenvalue weighted by molar-refractivity contribution is 5.75. The molecule has 68 valence electrons. The third-order valence-corrected chi connectivity index (χ3v) is 1.68. The fraction of sp³-hybridized carbons (Fsp3) is 0.714. The van der Waals surface area contributed by atoms with E-state index in [-0.39, 0.29) is 18.6 Å². The first-order valence-electron chi connectivity index (χ1n) is 3.71. The normalized spacial score (nSPS) is 28.4. The topological polar surface area (TPSA) is 75.6 Å². The van der Waals surface area contributed by atoms with Crippen LogP contribution in [0.1, 0.15) is 13.3 Å². The van der Waals surface area contributed by atoms with Crippen LogP contribution in [0.5, 0.6) is 0 Å². The van der Waals surface area contributed by atoms with Crippen LogP contribution in [0.3, 0.4) is 0 Å². The molecular formula is C7H11NO4. The van der Waals surface area contributed by atoms with Gasteiger partial charge >= 0.3 is 5.97 Å². The van der Waals surface area contributed by atoms with Crippen LogP contribution in [0.15, 0.2) is 0 Å². The molecule has 1 heterocycles. The Hall–Kier alpha value is -1.10. The molecule has 5 heteroatoms. The number of amides is 1. The molecule has 2 atom stereocenters. The van der Waals surface area contributed by atoms with Crippen molar-refractivity contribution in [2.24, 2.45) is 0 Å². The Balaban J connectivity index is 2.35. The minimum absolute atomic E-state index is 0.149. The smallest absolute Gasteiger partial charge is 0.332 e. The van der Waals surface area contributed by atoms with Crippen molar-refractivity contribution < 1.29 is 19.4 Å². The summed E-state index contributed by atoms with van der Waals surface area (Å²) in [6.07, 6.45) is -0.406. The lowest BCUT2D eigenvalue weighted by Crippen LogP contribution is -2.33. The number of carbonyl (C=O) groups is 2. The van der Waals surface area contributed by atoms with Gasteiger partial charge in [-0.15, -0.1) is 0 Å². The Kier molecular flexibility index (Phi) is 2.65. The van der Waals surface area contributed by atoms with Crippen molar-refractivity contribution in [2.45, 2.75) is 25.5 Å². The van der Waals surface area contributed by atoms with Gasteiger partial charge in [0.15, 0.2) is 6.10 Å². The first-order valence-corrected chi connectivity index (χ1v) is 3.71. The standard InChI is InChI=1S/C7H11NO4/c1-4(9)8-5-2-6(7(10)11)12-3-5/h5-6H,2-3H2,1H3,(H,8,9)(H,10,11)/t5-,6+/m0/s1. The number of carboxylic acid groups (broad SMARTS) is 1. The number of rotatable bonds is 2. The molecule has 1 amide bonds. The fourth-order valence-corrected chi connectivity index (χ4v) is 1.19. The third-order valence-electron chi connectivity index (χ3n) is 1.68. The van der Waals surface area contributed by atoms with E-state index in [2.05, 4.69) is 5.32 Å². The highest BCUT2D eigenvalue weighted by atomic mass is 16.5. The zero-order valence-electron chi connectivity index (χ0n) is 6.74. The van der Waals surface area contributed by atoms with Crippen molar-refractivity contribution in [3.63, 3.8) is 0 Å². The zero-order chi connectivity index (χ0) is 9.14. The average Bonchev–Trinajstić information content (AvgIpc) is 2.34. The van der Waals surface area contributed by atoms with Gasteiger partial charge in [-0.1, -0.05) is 0 Å². The Bertz CT molecular complexity index is 204. The van der Waals surface area contributed by atoms with Crippen LogP contribution in [-0.2, 0) is 14.3 Å². The number of hydrogen-bond donors (Lipinski definition) is 2. The summed E-state index contributed by atoms with van der Waals surface area (Å²) in [6, 6.07) is -0.149. The molecule has 0 aromatic carbocycles. The molecule has 1 rings (SSSR count). The van der Waals surface area contributed by atoms with Crippen LogP contribution in [0.2, 0.25) is 0 Å². The number of hydrogen-bond acceptors (Lipinski definition) is 3. The molecule has 1 saturated heterocycles. The Morgan fingerprint density at radius 1 is 1.58 bits per heavy atom. The fourth-order valence-electron chi connectivity index (χ4n) is 1.19. The second-order valence-corrected chi connectivity index (χ2v) is 2.79. The molecule has 0 spiro atoms. The molecule has 1 fully saturated rings. The average molecular weight is 173 g/mol. The van der Waals surface area contributed by atoms with Crippen LogP contribution in [0, 0.1) is 0 Å². The molecule has 0 unspecified atom stereocenters. The summed E-state index contributed by atoms with van der Waals surface area (Å²) >= 11 is 0. The van der Waals surface area contributed by atoms with Gasteiger partial charge in [0, 0.05) is 13.3 Å². The molecule has 0 bridgehead atoms. The van der Waals surface area contributed by atoms with Crippen LogP contribution in [-0.4, -0.2) is 35.7 Å². The van der Waals surface area contributed by atoms with Gasteiger partial charge in [-0.3, -0.25) is 4.79 Å². The van der Waals surface area contributed by atoms with E-state index in [0.717, 1.165) is 0 Å². The van der Waals surface area contributed by atoms with Crippen LogP contribution < -0.4 is 5.32 Å². The van der Waals surface area contributed by atoms with Crippen molar-refractivity contribution in [1.82, 2.24) is 5.32 Å². The predicted molar refractivity (Wildman–Crippen MR) is 39.6 cm³/mol. The van der Waals surface area contributed by atoms with E-state index < -0.39 is 12.1 Å². The maximum Gasteiger partial charge on any atom is 0.332 e. The predicted octanol–water partition coefficient (Wildman–Crippen LogP) is -0.635. The van der Waals surface area contributed by atoms with Crippen molar-refractivity contribution in [1.29, 1.82) is 0 Å². The Morgan fingerprint density at radius 2 is 2.25 bits per heavy atom. The van der Waals surface area contributed by atoms with Crippen molar-refractivity contribution in [3.05, 3.63) is 0 Å². The maximum absolute atomic E-state index is 10.6. The molecule has 0 saturated carbocycles. The van der Waals surface area contributed by atoms with E-state index in [1.807, 2.05) is 0 Å². The quantitative estimate of drug-likeness (QED) is 0.582. The van der Waals surface area contributed by atoms with Gasteiger partial charge in [0.1, 0.15) is 0 Å². The lowest BCUT2D eigenvalue weighted by atomic mass is 10.2. The van der Waals surface area contributed by atoms with Gasteiger partial charge in [-0.25, -0.2) is 4.79 Å². The summed E-state index contributed by atoms with van der Waals surface area (Å²) in [5, 5.41) is 11.1. The SMILES string of the molecule is CC(=O)N[C@@H]1CO[C@@H](C(=O)O)C1. The van der Waals surface area contributed by atoms with E-state index >= 15 is 0 Å². The summed E-state index contributed by atoms with van der Waals surface area (Å²) in [5.41, 5.74) is 0. The van der Waals surface area contributed by atoms with Gasteiger partial charge in [0.2, 0.25) is 5.91 Å². The number of carboxylic acids is 1. The number of ether oxygens (including phenoxy) is 1. The molecule has 5 nitrogen and oxygen atoms in total. The summed E-state index contributed by atoms with van der Waals surface area (Å²) in [6.45, 7) is 1.69. The second kappa shape index (κ2) is 3.53. The van der Waals surface area contributed by atoms with E-state index in [1.54, 1.807) is 0 Å². The Morgan fingerprint density at radius 3 is 2.67 bits per heavy atom. The summed E-state index contributed by atoms with van der Waals surface area (Å²) in [5.74, 6) is -1.13. The first-order chi connectivity index (χ1) is 5.59. The molecular weight excluding hydrogens is 162 g/mol. The van der Waals surface area contributed by atoms with E-state index in [9.17, 15) is 9.59 Å². The second-order valence-electron chi connectivity index (χ2n) is 2.79. The Labute approximate surface area is 69.7 Å². The van der Waals surface area contributed by atoms with Crippen molar-refractivity contribution in [3.8, 4) is 0 Å². The third kappa shape index (κ3) is 2.20. The summed E-state index contributed by atoms with van der Waals surface area (Å²) in [7, 11) is 0. The number of carbonyl (C=O) groups excluding carboxylic acids is 1. The molecule has 0 radical (unpaired) electrons. The highest BCUT2D eigenvalue weighted by Crippen LogP contribution is 2.12. The molecule has 2 N–H and O–H groups in total. The molecule has 0 aliphatic carbocycles. The molecule has 12 heavy (non-hydrogen) atoms. The van der Waals surface area contributed by atoms with E-state index in [4.69, 9.17) is 9.84 Å². The lowest BCUT2D eigenvalue weighted by Gasteiger charge is -2.06. The first kappa shape index (κ1) is 8.99. The highest BCUT2D eigenvalue weighted by Gasteiger charge is 2.30.